The van der Waals surface area contributed by atoms with Gasteiger partial charge in [0.15, 0.2) is 5.16 Å². The number of nitrogens with one attached hydrogen (secondary N) is 1. The van der Waals surface area contributed by atoms with Crippen molar-refractivity contribution in [1.29, 1.82) is 0 Å². The van der Waals surface area contributed by atoms with Crippen LogP contribution in [0.15, 0.2) is 33.8 Å². The molecule has 5 nitrogen and oxygen atoms in total. The molecule has 0 saturated carbocycles. The Morgan fingerprint density at radius 2 is 2.35 bits per heavy atom. The third kappa shape index (κ3) is 2.46. The Balaban J connectivity index is 1.83. The average molecular weight is 314 g/mol. The number of rotatable bonds is 4. The van der Waals surface area contributed by atoms with Crippen LogP contribution < -0.4 is 5.56 Å². The molecule has 0 aliphatic carbocycles. The maximum Gasteiger partial charge on any atom is 0.319 e. The number of aromatic nitrogens is 4. The quantitative estimate of drug-likeness (QED) is 0.594. The molecular formula is C11H8F2N4OS2. The number of alkyl halides is 2. The topological polar surface area (TPSA) is 63.6 Å². The van der Waals surface area contributed by atoms with Gasteiger partial charge < -0.3 is 4.98 Å². The van der Waals surface area contributed by atoms with Gasteiger partial charge in [-0.1, -0.05) is 11.8 Å². The summed E-state index contributed by atoms with van der Waals surface area (Å²) in [6.07, 6.45) is 2.54. The van der Waals surface area contributed by atoms with Gasteiger partial charge in [-0.25, -0.2) is 9.97 Å². The molecule has 0 aromatic carbocycles. The van der Waals surface area contributed by atoms with E-state index in [1.807, 2.05) is 0 Å². The van der Waals surface area contributed by atoms with Crippen LogP contribution in [-0.2, 0) is 5.75 Å². The van der Waals surface area contributed by atoms with Crippen LogP contribution in [0.3, 0.4) is 0 Å². The molecule has 0 aliphatic rings. The van der Waals surface area contributed by atoms with Gasteiger partial charge >= 0.3 is 6.55 Å². The molecule has 1 N–H and O–H groups in total. The monoisotopic (exact) mass is 314 g/mol. The molecule has 0 fully saturated rings. The van der Waals surface area contributed by atoms with Crippen molar-refractivity contribution in [2.24, 2.45) is 0 Å². The standard InChI is InChI=1S/C11H8F2N4OS2/c12-10(13)17-3-2-14-7(17)5-20-11-15-8(18)6-1-4-19-9(6)16-11/h1-4,10H,5H2,(H,15,16,18). The van der Waals surface area contributed by atoms with Crippen molar-refractivity contribution < 1.29 is 8.78 Å². The second-order valence-corrected chi connectivity index (χ2v) is 5.69. The summed E-state index contributed by atoms with van der Waals surface area (Å²) in [5.41, 5.74) is -0.226. The summed E-state index contributed by atoms with van der Waals surface area (Å²) in [6, 6.07) is 1.70. The van der Waals surface area contributed by atoms with Crippen molar-refractivity contribution in [2.75, 3.05) is 0 Å². The van der Waals surface area contributed by atoms with E-state index < -0.39 is 6.55 Å². The van der Waals surface area contributed by atoms with Crippen LogP contribution >= 0.6 is 23.1 Å². The van der Waals surface area contributed by atoms with Gasteiger partial charge in [0, 0.05) is 12.4 Å². The molecule has 3 aromatic heterocycles. The van der Waals surface area contributed by atoms with Crippen molar-refractivity contribution in [3.8, 4) is 0 Å². The number of thiophene rings is 1. The lowest BCUT2D eigenvalue weighted by atomic mass is 10.4. The van der Waals surface area contributed by atoms with Gasteiger partial charge in [-0.2, -0.15) is 8.78 Å². The summed E-state index contributed by atoms with van der Waals surface area (Å²) >= 11 is 2.53. The van der Waals surface area contributed by atoms with Crippen molar-refractivity contribution in [3.05, 3.63) is 40.0 Å². The highest BCUT2D eigenvalue weighted by atomic mass is 32.2. The summed E-state index contributed by atoms with van der Waals surface area (Å²) in [4.78, 5) is 23.2. The summed E-state index contributed by atoms with van der Waals surface area (Å²) in [7, 11) is 0. The average Bonchev–Trinajstić information content (AvgIpc) is 3.04. The van der Waals surface area contributed by atoms with Gasteiger partial charge in [0.25, 0.3) is 5.56 Å². The van der Waals surface area contributed by atoms with Gasteiger partial charge in [-0.3, -0.25) is 9.36 Å². The van der Waals surface area contributed by atoms with Crippen LogP contribution in [0.25, 0.3) is 10.2 Å². The summed E-state index contributed by atoms with van der Waals surface area (Å²) in [5, 5.41) is 2.72. The van der Waals surface area contributed by atoms with E-state index in [-0.39, 0.29) is 17.1 Å². The van der Waals surface area contributed by atoms with E-state index in [1.54, 1.807) is 11.4 Å². The maximum atomic E-state index is 12.7. The number of aromatic amines is 1. The van der Waals surface area contributed by atoms with Crippen molar-refractivity contribution in [3.63, 3.8) is 0 Å². The van der Waals surface area contributed by atoms with Gasteiger partial charge in [0.1, 0.15) is 10.7 Å². The molecular weight excluding hydrogens is 306 g/mol. The zero-order valence-corrected chi connectivity index (χ0v) is 11.5. The first kappa shape index (κ1) is 13.3. The normalized spacial score (nSPS) is 11.6. The van der Waals surface area contributed by atoms with Crippen molar-refractivity contribution in [2.45, 2.75) is 17.5 Å². The Morgan fingerprint density at radius 1 is 1.50 bits per heavy atom. The lowest BCUT2D eigenvalue weighted by Gasteiger charge is -2.05. The Labute approximate surface area is 119 Å². The number of imidazole rings is 1. The minimum Gasteiger partial charge on any atom is -0.301 e. The van der Waals surface area contributed by atoms with Crippen LogP contribution in [0.2, 0.25) is 0 Å². The molecule has 20 heavy (non-hydrogen) atoms. The number of fused-ring (bicyclic) bond motifs is 1. The van der Waals surface area contributed by atoms with Crippen molar-refractivity contribution in [1.82, 2.24) is 19.5 Å². The fourth-order valence-electron chi connectivity index (χ4n) is 1.68. The van der Waals surface area contributed by atoms with Gasteiger partial charge in [0.2, 0.25) is 0 Å². The number of thioether (sulfide) groups is 1. The molecule has 3 rings (SSSR count). The molecule has 9 heteroatoms. The van der Waals surface area contributed by atoms with Gasteiger partial charge in [0.05, 0.1) is 11.1 Å². The molecule has 0 saturated heterocycles. The Bertz CT molecular complexity index is 795. The van der Waals surface area contributed by atoms with Crippen LogP contribution in [-0.4, -0.2) is 19.5 Å². The first-order valence-corrected chi connectivity index (χ1v) is 7.42. The first-order chi connectivity index (χ1) is 9.65. The number of H-pyrrole nitrogens is 1. The maximum absolute atomic E-state index is 12.7. The first-order valence-electron chi connectivity index (χ1n) is 5.55. The highest BCUT2D eigenvalue weighted by molar-refractivity contribution is 7.98. The third-order valence-corrected chi connectivity index (χ3v) is 4.29. The third-order valence-electron chi connectivity index (χ3n) is 2.61. The van der Waals surface area contributed by atoms with Crippen molar-refractivity contribution >= 4 is 33.3 Å². The second-order valence-electron chi connectivity index (χ2n) is 3.83. The lowest BCUT2D eigenvalue weighted by molar-refractivity contribution is 0.0678. The zero-order valence-electron chi connectivity index (χ0n) is 9.92. The highest BCUT2D eigenvalue weighted by Gasteiger charge is 2.12. The molecule has 0 aliphatic heterocycles. The molecule has 0 radical (unpaired) electrons. The molecule has 3 heterocycles. The molecule has 0 bridgehead atoms. The molecule has 3 aromatic rings. The zero-order chi connectivity index (χ0) is 14.1. The molecule has 104 valence electrons. The molecule has 0 spiro atoms. The largest absolute Gasteiger partial charge is 0.319 e. The molecule has 0 unspecified atom stereocenters. The Hall–Kier alpha value is -1.74. The smallest absolute Gasteiger partial charge is 0.301 e. The number of nitrogens with zero attached hydrogens (tertiary/aromatic N) is 3. The molecule has 0 amide bonds. The van der Waals surface area contributed by atoms with E-state index in [1.165, 1.54) is 35.5 Å². The van der Waals surface area contributed by atoms with Crippen LogP contribution in [0.4, 0.5) is 8.78 Å². The number of halogens is 2. The minimum atomic E-state index is -2.63. The molecule has 0 atom stereocenters. The van der Waals surface area contributed by atoms with Gasteiger partial charge in [-0.05, 0) is 11.4 Å². The SMILES string of the molecule is O=c1[nH]c(SCc2nccn2C(F)F)nc2sccc12. The number of hydrogen-bond acceptors (Lipinski definition) is 5. The Kier molecular flexibility index (Phi) is 3.53. The van der Waals surface area contributed by atoms with E-state index in [4.69, 9.17) is 0 Å². The fourth-order valence-corrected chi connectivity index (χ4v) is 3.31. The number of hydrogen-bond donors (Lipinski definition) is 1. The summed E-state index contributed by atoms with van der Waals surface area (Å²) < 4.78 is 26.1. The van der Waals surface area contributed by atoms with E-state index in [0.717, 1.165) is 4.57 Å². The van der Waals surface area contributed by atoms with E-state index >= 15 is 0 Å². The lowest BCUT2D eigenvalue weighted by Crippen LogP contribution is -2.08. The predicted octanol–water partition coefficient (Wildman–Crippen LogP) is 2.87. The van der Waals surface area contributed by atoms with Crippen LogP contribution in [0.1, 0.15) is 12.4 Å². The highest BCUT2D eigenvalue weighted by Crippen LogP contribution is 2.23. The fraction of sp³-hybridized carbons (Fsp3) is 0.182. The minimum absolute atomic E-state index is 0.206. The second kappa shape index (κ2) is 5.33. The van der Waals surface area contributed by atoms with Crippen LogP contribution in [0.5, 0.6) is 0 Å². The Morgan fingerprint density at radius 3 is 3.15 bits per heavy atom. The summed E-state index contributed by atoms with van der Waals surface area (Å²) in [5.74, 6) is 0.441. The van der Waals surface area contributed by atoms with E-state index in [0.29, 0.717) is 15.4 Å². The van der Waals surface area contributed by atoms with E-state index in [9.17, 15) is 13.6 Å². The summed E-state index contributed by atoms with van der Waals surface area (Å²) in [6.45, 7) is -2.63. The van der Waals surface area contributed by atoms with Crippen LogP contribution in [0, 0.1) is 0 Å². The van der Waals surface area contributed by atoms with Gasteiger partial charge in [-0.15, -0.1) is 11.3 Å². The predicted molar refractivity (Wildman–Crippen MR) is 73.3 cm³/mol. The van der Waals surface area contributed by atoms with E-state index in [2.05, 4.69) is 15.0 Å².